The van der Waals surface area contributed by atoms with Crippen LogP contribution in [0.5, 0.6) is 0 Å². The number of rotatable bonds is 4. The van der Waals surface area contributed by atoms with E-state index in [2.05, 4.69) is 137 Å². The molecule has 7 aromatic rings. The fraction of sp³-hybridized carbons (Fsp3) is 0.0500. The number of pyridine rings is 1. The van der Waals surface area contributed by atoms with E-state index in [0.717, 1.165) is 6.42 Å². The molecule has 1 atom stereocenters. The maximum Gasteiger partial charge on any atom is 0.0302 e. The third-order valence-corrected chi connectivity index (χ3v) is 8.56. The molecule has 2 nitrogen and oxygen atoms in total. The van der Waals surface area contributed by atoms with Crippen LogP contribution in [-0.4, -0.2) is 11.2 Å². The van der Waals surface area contributed by atoms with E-state index >= 15 is 0 Å². The van der Waals surface area contributed by atoms with Gasteiger partial charge >= 0.3 is 0 Å². The number of nitrogens with zero attached hydrogens (tertiary/aromatic N) is 2. The van der Waals surface area contributed by atoms with Gasteiger partial charge < -0.3 is 0 Å². The van der Waals surface area contributed by atoms with Crippen molar-refractivity contribution in [1.82, 2.24) is 4.98 Å². The zero-order chi connectivity index (χ0) is 27.9. The summed E-state index contributed by atoms with van der Waals surface area (Å²) in [5.41, 5.74) is 8.81. The summed E-state index contributed by atoms with van der Waals surface area (Å²) in [5.74, 6) is 0.270. The van der Waals surface area contributed by atoms with Crippen molar-refractivity contribution in [1.29, 1.82) is 0 Å². The van der Waals surface area contributed by atoms with Crippen molar-refractivity contribution >= 4 is 44.1 Å². The molecule has 2 heteroatoms. The second-order valence-corrected chi connectivity index (χ2v) is 11.0. The highest BCUT2D eigenvalue weighted by Gasteiger charge is 2.18. The van der Waals surface area contributed by atoms with Gasteiger partial charge in [0.25, 0.3) is 0 Å². The van der Waals surface area contributed by atoms with Crippen LogP contribution in [0.4, 0.5) is 0 Å². The fourth-order valence-corrected chi connectivity index (χ4v) is 6.54. The lowest BCUT2D eigenvalue weighted by Gasteiger charge is -2.19. The third-order valence-electron chi connectivity index (χ3n) is 8.56. The second-order valence-electron chi connectivity index (χ2n) is 11.0. The molecule has 0 saturated carbocycles. The van der Waals surface area contributed by atoms with Gasteiger partial charge in [-0.1, -0.05) is 103 Å². The molecule has 1 aliphatic rings. The Balaban J connectivity index is 1.24. The van der Waals surface area contributed by atoms with Crippen molar-refractivity contribution in [2.75, 3.05) is 0 Å². The number of allylic oxidation sites excluding steroid dienone is 1. The van der Waals surface area contributed by atoms with Crippen molar-refractivity contribution in [3.63, 3.8) is 0 Å². The molecule has 42 heavy (non-hydrogen) atoms. The fourth-order valence-electron chi connectivity index (χ4n) is 6.54. The van der Waals surface area contributed by atoms with Crippen LogP contribution in [-0.2, 0) is 0 Å². The lowest BCUT2D eigenvalue weighted by Crippen LogP contribution is -2.05. The topological polar surface area (TPSA) is 25.2 Å². The largest absolute Gasteiger partial charge is 0.268 e. The minimum absolute atomic E-state index is 0.270. The van der Waals surface area contributed by atoms with Crippen LogP contribution in [0, 0.1) is 0 Å². The molecule has 0 N–H and O–H groups in total. The average Bonchev–Trinajstić information content (AvgIpc) is 3.07. The summed E-state index contributed by atoms with van der Waals surface area (Å²) < 4.78 is 0. The summed E-state index contributed by atoms with van der Waals surface area (Å²) in [4.78, 5) is 8.78. The molecule has 0 fully saturated rings. The smallest absolute Gasteiger partial charge is 0.0302 e. The molecule has 0 radical (unpaired) electrons. The molecule has 0 bridgehead atoms. The molecule has 2 heterocycles. The molecule has 1 unspecified atom stereocenters. The van der Waals surface area contributed by atoms with Gasteiger partial charge in [-0.2, -0.15) is 0 Å². The maximum atomic E-state index is 4.61. The van der Waals surface area contributed by atoms with E-state index in [1.807, 2.05) is 24.8 Å². The van der Waals surface area contributed by atoms with Gasteiger partial charge in [0.05, 0.1) is 0 Å². The molecule has 0 amide bonds. The van der Waals surface area contributed by atoms with Crippen molar-refractivity contribution in [3.05, 3.63) is 157 Å². The van der Waals surface area contributed by atoms with Gasteiger partial charge in [0.15, 0.2) is 0 Å². The quantitative estimate of drug-likeness (QED) is 0.205. The number of fused-ring (bicyclic) bond motifs is 3. The first kappa shape index (κ1) is 24.5. The molecule has 0 spiro atoms. The number of benzene rings is 6. The predicted octanol–water partition coefficient (Wildman–Crippen LogP) is 10.5. The molecule has 1 aromatic heterocycles. The Kier molecular flexibility index (Phi) is 5.97. The predicted molar refractivity (Wildman–Crippen MR) is 178 cm³/mol. The minimum Gasteiger partial charge on any atom is -0.268 e. The molecule has 6 aromatic carbocycles. The van der Waals surface area contributed by atoms with Crippen molar-refractivity contribution in [2.45, 2.75) is 12.3 Å². The van der Waals surface area contributed by atoms with E-state index in [-0.39, 0.29) is 5.92 Å². The van der Waals surface area contributed by atoms with Crippen molar-refractivity contribution < 1.29 is 0 Å². The number of aromatic nitrogens is 1. The lowest BCUT2D eigenvalue weighted by molar-refractivity contribution is 0.920. The van der Waals surface area contributed by atoms with Gasteiger partial charge in [0.1, 0.15) is 0 Å². The average molecular weight is 537 g/mol. The summed E-state index contributed by atoms with van der Waals surface area (Å²) in [6.07, 6.45) is 8.71. The molecule has 1 aliphatic heterocycles. The highest BCUT2D eigenvalue weighted by Crippen LogP contribution is 2.44. The van der Waals surface area contributed by atoms with E-state index in [1.54, 1.807) is 0 Å². The van der Waals surface area contributed by atoms with Crippen LogP contribution >= 0.6 is 0 Å². The summed E-state index contributed by atoms with van der Waals surface area (Å²) in [5, 5.41) is 7.59. The Morgan fingerprint density at radius 2 is 1.05 bits per heavy atom. The van der Waals surface area contributed by atoms with Crippen LogP contribution in [0.2, 0.25) is 0 Å². The van der Waals surface area contributed by atoms with Crippen LogP contribution in [0.25, 0.3) is 60.1 Å². The number of hydrogen-bond donors (Lipinski definition) is 0. The third kappa shape index (κ3) is 4.20. The van der Waals surface area contributed by atoms with E-state index in [9.17, 15) is 0 Å². The lowest BCUT2D eigenvalue weighted by atomic mass is 9.85. The Bertz CT molecular complexity index is 2100. The van der Waals surface area contributed by atoms with Gasteiger partial charge in [-0.15, -0.1) is 0 Å². The Hall–Kier alpha value is -5.34. The van der Waals surface area contributed by atoms with E-state index < -0.39 is 0 Å². The first-order valence-electron chi connectivity index (χ1n) is 14.5. The molecule has 8 rings (SSSR count). The zero-order valence-electron chi connectivity index (χ0n) is 23.1. The monoisotopic (exact) mass is 536 g/mol. The van der Waals surface area contributed by atoms with Gasteiger partial charge in [0.2, 0.25) is 0 Å². The molecule has 0 aliphatic carbocycles. The number of aliphatic imine (C=N–C) groups is 1. The summed E-state index contributed by atoms with van der Waals surface area (Å²) in [6, 6.07) is 46.3. The van der Waals surface area contributed by atoms with Crippen LogP contribution in [0.15, 0.2) is 151 Å². The van der Waals surface area contributed by atoms with Crippen molar-refractivity contribution in [2.24, 2.45) is 4.99 Å². The van der Waals surface area contributed by atoms with Crippen LogP contribution in [0.1, 0.15) is 23.5 Å². The van der Waals surface area contributed by atoms with E-state index in [4.69, 9.17) is 0 Å². The summed E-state index contributed by atoms with van der Waals surface area (Å²) in [6.45, 7) is 0. The van der Waals surface area contributed by atoms with Crippen LogP contribution in [0.3, 0.4) is 0 Å². The zero-order valence-corrected chi connectivity index (χ0v) is 23.1. The van der Waals surface area contributed by atoms with Gasteiger partial charge in [0, 0.05) is 30.7 Å². The highest BCUT2D eigenvalue weighted by molar-refractivity contribution is 6.21. The molecular weight excluding hydrogens is 508 g/mol. The standard InChI is InChI=1S/C40H28N2/c1-2-8-28(9-3-1)39-35-10-4-6-12-37(35)40(38-13-7-5-11-36(38)39)32-17-16-29-22-31(15-14-30(29)23-32)34-24-33(25-42-26-34)27-18-20-41-21-19-27/h1-23,25-26,33H,24H2. The normalized spacial score (nSPS) is 14.9. The Morgan fingerprint density at radius 3 is 1.69 bits per heavy atom. The molecular formula is C40H28N2. The maximum absolute atomic E-state index is 4.61. The van der Waals surface area contributed by atoms with Crippen LogP contribution < -0.4 is 0 Å². The first-order valence-corrected chi connectivity index (χ1v) is 14.5. The summed E-state index contributed by atoms with van der Waals surface area (Å²) >= 11 is 0. The summed E-state index contributed by atoms with van der Waals surface area (Å²) in [7, 11) is 0. The van der Waals surface area contributed by atoms with Gasteiger partial charge in [-0.3, -0.25) is 9.98 Å². The van der Waals surface area contributed by atoms with E-state index in [1.165, 1.54) is 71.3 Å². The van der Waals surface area contributed by atoms with E-state index in [0.29, 0.717) is 0 Å². The Labute approximate surface area is 245 Å². The molecule has 0 saturated heterocycles. The highest BCUT2D eigenvalue weighted by atomic mass is 14.7. The van der Waals surface area contributed by atoms with Crippen molar-refractivity contribution in [3.8, 4) is 22.3 Å². The Morgan fingerprint density at radius 1 is 0.500 bits per heavy atom. The SMILES string of the molecule is C1=NC=C(c2ccc3cc(-c4c5ccccc5c(-c5ccccc5)c5ccccc45)ccc3c2)CC1c1ccncc1. The minimum atomic E-state index is 0.270. The van der Waals surface area contributed by atoms with Gasteiger partial charge in [-0.25, -0.2) is 0 Å². The first-order chi connectivity index (χ1) is 20.8. The second kappa shape index (κ2) is 10.2. The van der Waals surface area contributed by atoms with Gasteiger partial charge in [-0.05, 0) is 102 Å². The molecule has 198 valence electrons. The number of hydrogen-bond acceptors (Lipinski definition) is 2.